The summed E-state index contributed by atoms with van der Waals surface area (Å²) in [5.74, 6) is -2.33. The van der Waals surface area contributed by atoms with E-state index in [0.29, 0.717) is 31.4 Å². The summed E-state index contributed by atoms with van der Waals surface area (Å²) >= 11 is 0. The zero-order valence-corrected chi connectivity index (χ0v) is 30.4. The third kappa shape index (κ3) is 12.5. The quantitative estimate of drug-likeness (QED) is 0.158. The van der Waals surface area contributed by atoms with E-state index in [2.05, 4.69) is 40.1 Å². The number of urea groups is 1. The van der Waals surface area contributed by atoms with Crippen molar-refractivity contribution in [1.29, 1.82) is 0 Å². The highest BCUT2D eigenvalue weighted by molar-refractivity contribution is 5.98. The molecule has 1 aliphatic heterocycles. The molecule has 49 heavy (non-hydrogen) atoms. The molecule has 1 fully saturated rings. The molecule has 0 spiro atoms. The Balaban J connectivity index is 2.15. The second-order valence-corrected chi connectivity index (χ2v) is 13.7. The lowest BCUT2D eigenvalue weighted by atomic mass is 9.92. The van der Waals surface area contributed by atoms with Gasteiger partial charge in [-0.3, -0.25) is 24.0 Å². The van der Waals surface area contributed by atoms with Crippen LogP contribution < -0.4 is 26.6 Å². The molecule has 5 unspecified atom stereocenters. The number of rotatable bonds is 17. The van der Waals surface area contributed by atoms with Gasteiger partial charge in [-0.05, 0) is 50.5 Å². The molecule has 1 saturated heterocycles. The molecular formula is C36H57N7O6. The third-order valence-electron chi connectivity index (χ3n) is 8.46. The van der Waals surface area contributed by atoms with Crippen molar-refractivity contribution in [2.45, 2.75) is 104 Å². The van der Waals surface area contributed by atoms with Crippen molar-refractivity contribution in [1.82, 2.24) is 36.4 Å². The summed E-state index contributed by atoms with van der Waals surface area (Å²) in [4.78, 5) is 81.8. The van der Waals surface area contributed by atoms with Crippen molar-refractivity contribution in [2.75, 3.05) is 27.2 Å². The van der Waals surface area contributed by atoms with Gasteiger partial charge in [-0.1, -0.05) is 77.4 Å². The standard InChI is InChI=1S/C36H57N7O6/c1-10-15-24(6)20-27(25(7)32(45)37-21-29(44)40-31(34(47)42(8)9)26-16-12-11-13-17-26)39-33(46)28-18-14-19-43(28)35(48)30(22(2)3)41-36(49)38-23(4)5/h11-13,16-17,22-24,27-28,30-31H,7,10,14-15,18-21H2,1-6,8-9H3,(H,37,45)(H,39,46)(H,40,44)(H2,38,41,49). The van der Waals surface area contributed by atoms with E-state index in [1.807, 2.05) is 40.7 Å². The van der Waals surface area contributed by atoms with Gasteiger partial charge in [-0.25, -0.2) is 4.79 Å². The fourth-order valence-corrected chi connectivity index (χ4v) is 5.85. The number of carbonyl (C=O) groups is 6. The molecule has 0 saturated carbocycles. The predicted octanol–water partition coefficient (Wildman–Crippen LogP) is 2.64. The molecule has 1 aromatic carbocycles. The SMILES string of the molecule is C=C(C(=O)NCC(=O)NC(C(=O)N(C)C)c1ccccc1)C(CC(C)CCC)NC(=O)C1CCCN1C(=O)C(NC(=O)NC(C)C)C(C)C. The Morgan fingerprint density at radius 1 is 0.939 bits per heavy atom. The molecule has 0 bridgehead atoms. The topological polar surface area (TPSA) is 169 Å². The summed E-state index contributed by atoms with van der Waals surface area (Å²) in [6.45, 7) is 15.3. The number of nitrogens with zero attached hydrogens (tertiary/aromatic N) is 2. The second-order valence-electron chi connectivity index (χ2n) is 13.7. The van der Waals surface area contributed by atoms with Crippen molar-refractivity contribution in [2.24, 2.45) is 11.8 Å². The van der Waals surface area contributed by atoms with Gasteiger partial charge < -0.3 is 36.4 Å². The first-order valence-electron chi connectivity index (χ1n) is 17.3. The predicted molar refractivity (Wildman–Crippen MR) is 189 cm³/mol. The molecule has 1 heterocycles. The largest absolute Gasteiger partial charge is 0.347 e. The first-order valence-corrected chi connectivity index (χ1v) is 17.3. The van der Waals surface area contributed by atoms with E-state index in [9.17, 15) is 28.8 Å². The minimum atomic E-state index is -0.933. The minimum Gasteiger partial charge on any atom is -0.347 e. The Labute approximate surface area is 291 Å². The third-order valence-corrected chi connectivity index (χ3v) is 8.46. The van der Waals surface area contributed by atoms with E-state index in [-0.39, 0.29) is 35.3 Å². The number of likely N-dealkylation sites (tertiary alicyclic amines) is 1. The molecular weight excluding hydrogens is 626 g/mol. The van der Waals surface area contributed by atoms with Crippen LogP contribution >= 0.6 is 0 Å². The lowest BCUT2D eigenvalue weighted by Crippen LogP contribution is -2.58. The number of nitrogens with one attached hydrogen (secondary N) is 5. The van der Waals surface area contributed by atoms with Gasteiger partial charge in [-0.2, -0.15) is 0 Å². The minimum absolute atomic E-state index is 0.0797. The molecule has 2 rings (SSSR count). The van der Waals surface area contributed by atoms with Gasteiger partial charge in [0.05, 0.1) is 12.6 Å². The maximum atomic E-state index is 13.8. The molecule has 1 aromatic rings. The summed E-state index contributed by atoms with van der Waals surface area (Å²) in [6, 6.07) is 4.96. The first kappa shape index (κ1) is 40.8. The molecule has 5 atom stereocenters. The normalized spacial score (nSPS) is 16.6. The summed E-state index contributed by atoms with van der Waals surface area (Å²) < 4.78 is 0. The maximum absolute atomic E-state index is 13.8. The van der Waals surface area contributed by atoms with E-state index < -0.39 is 54.5 Å². The van der Waals surface area contributed by atoms with Crippen LogP contribution in [0.4, 0.5) is 4.79 Å². The van der Waals surface area contributed by atoms with E-state index in [1.165, 1.54) is 9.80 Å². The van der Waals surface area contributed by atoms with Crippen LogP contribution in [0.25, 0.3) is 0 Å². The maximum Gasteiger partial charge on any atom is 0.315 e. The molecule has 13 nitrogen and oxygen atoms in total. The van der Waals surface area contributed by atoms with Crippen LogP contribution in [0.5, 0.6) is 0 Å². The summed E-state index contributed by atoms with van der Waals surface area (Å²) in [6.07, 6.45) is 3.25. The Kier molecular flexibility index (Phi) is 16.3. The first-order chi connectivity index (χ1) is 23.1. The molecule has 0 aliphatic carbocycles. The van der Waals surface area contributed by atoms with E-state index in [0.717, 1.165) is 12.8 Å². The van der Waals surface area contributed by atoms with E-state index in [4.69, 9.17) is 0 Å². The molecule has 13 heteroatoms. The van der Waals surface area contributed by atoms with E-state index >= 15 is 0 Å². The number of carbonyl (C=O) groups excluding carboxylic acids is 6. The van der Waals surface area contributed by atoms with Crippen molar-refractivity contribution in [3.05, 3.63) is 48.0 Å². The fraction of sp³-hybridized carbons (Fsp3) is 0.611. The van der Waals surface area contributed by atoms with Crippen LogP contribution in [0, 0.1) is 11.8 Å². The van der Waals surface area contributed by atoms with Crippen LogP contribution in [0.15, 0.2) is 42.5 Å². The highest BCUT2D eigenvalue weighted by Gasteiger charge is 2.40. The highest BCUT2D eigenvalue weighted by Crippen LogP contribution is 2.23. The smallest absolute Gasteiger partial charge is 0.315 e. The number of benzene rings is 1. The Morgan fingerprint density at radius 3 is 2.16 bits per heavy atom. The van der Waals surface area contributed by atoms with Gasteiger partial charge in [0.2, 0.25) is 29.5 Å². The van der Waals surface area contributed by atoms with Gasteiger partial charge in [0.1, 0.15) is 18.1 Å². The number of hydrogen-bond donors (Lipinski definition) is 5. The lowest BCUT2D eigenvalue weighted by molar-refractivity contribution is -0.140. The summed E-state index contributed by atoms with van der Waals surface area (Å²) in [5, 5.41) is 13.8. The molecule has 0 aromatic heterocycles. The van der Waals surface area contributed by atoms with Gasteiger partial charge in [-0.15, -0.1) is 0 Å². The van der Waals surface area contributed by atoms with Crippen molar-refractivity contribution in [3.63, 3.8) is 0 Å². The number of hydrogen-bond acceptors (Lipinski definition) is 6. The van der Waals surface area contributed by atoms with Gasteiger partial charge in [0.15, 0.2) is 0 Å². The summed E-state index contributed by atoms with van der Waals surface area (Å²) in [5.41, 5.74) is 0.683. The van der Waals surface area contributed by atoms with Gasteiger partial charge in [0, 0.05) is 32.3 Å². The monoisotopic (exact) mass is 683 g/mol. The van der Waals surface area contributed by atoms with Gasteiger partial charge in [0.25, 0.3) is 0 Å². The second kappa shape index (κ2) is 19.5. The highest BCUT2D eigenvalue weighted by atomic mass is 16.2. The Hall–Kier alpha value is -4.42. The van der Waals surface area contributed by atoms with E-state index in [1.54, 1.807) is 38.4 Å². The lowest BCUT2D eigenvalue weighted by Gasteiger charge is -2.32. The molecule has 0 radical (unpaired) electrons. The van der Waals surface area contributed by atoms with Gasteiger partial charge >= 0.3 is 6.03 Å². The Bertz CT molecular complexity index is 1320. The molecule has 5 N–H and O–H groups in total. The van der Waals surface area contributed by atoms with Crippen molar-refractivity contribution in [3.8, 4) is 0 Å². The zero-order valence-electron chi connectivity index (χ0n) is 30.4. The average Bonchev–Trinajstić information content (AvgIpc) is 3.54. The van der Waals surface area contributed by atoms with Crippen molar-refractivity contribution >= 4 is 35.6 Å². The molecule has 1 aliphatic rings. The fourth-order valence-electron chi connectivity index (χ4n) is 5.85. The molecule has 272 valence electrons. The number of likely N-dealkylation sites (N-methyl/N-ethyl adjacent to an activating group) is 1. The van der Waals surface area contributed by atoms with Crippen LogP contribution in [0.1, 0.15) is 85.3 Å². The number of amides is 7. The Morgan fingerprint density at radius 2 is 1.59 bits per heavy atom. The zero-order chi connectivity index (χ0) is 36.8. The average molecular weight is 684 g/mol. The summed E-state index contributed by atoms with van der Waals surface area (Å²) in [7, 11) is 3.19. The molecule has 7 amide bonds. The van der Waals surface area contributed by atoms with Crippen LogP contribution in [-0.2, 0) is 24.0 Å². The van der Waals surface area contributed by atoms with Crippen molar-refractivity contribution < 1.29 is 28.8 Å². The van der Waals surface area contributed by atoms with Crippen LogP contribution in [-0.4, -0.2) is 96.7 Å². The van der Waals surface area contributed by atoms with Crippen LogP contribution in [0.2, 0.25) is 0 Å². The van der Waals surface area contributed by atoms with Crippen LogP contribution in [0.3, 0.4) is 0 Å².